The number of hydrogen-bond acceptors (Lipinski definition) is 9. The molecule has 1 aliphatic rings. The number of hydrogen-bond donors (Lipinski definition) is 3. The Hall–Kier alpha value is -4.56. The molecule has 3 aromatic rings. The molecule has 2 heterocycles. The number of allylic oxidation sites excluding steroid dienone is 1. The standard InChI is InChI=1S/C56H80N7O2PS/c1-9-33-60-41-61(39-45(4)5)42-62(40-46(6)7)44-63(43-60)52(11-3)28-31-55(64)57-32-17-15-13-12-14-16-21-47(8)59-51(10-2)37-49-23-18-22-48(36-49)24-19-34-65-53-29-26-50(27-30-53)56(66)58-38-54-25-20-35-67-54/h9-11,18,20,22-23,25-27,29-30,35-36,51-52,56,58-59H,1-4,6,8,12-17,21,28,31-34,37-44,66H2,5,7H3,(H,57,64). The Kier molecular flexibility index (Phi) is 25.9. The minimum atomic E-state index is 0.0801. The van der Waals surface area contributed by atoms with Gasteiger partial charge < -0.3 is 20.7 Å². The molecule has 67 heavy (non-hydrogen) atoms. The fourth-order valence-electron chi connectivity index (χ4n) is 8.27. The van der Waals surface area contributed by atoms with Crippen molar-refractivity contribution in [2.24, 2.45) is 0 Å². The van der Waals surface area contributed by atoms with Gasteiger partial charge >= 0.3 is 0 Å². The summed E-state index contributed by atoms with van der Waals surface area (Å²) in [5, 5.41) is 12.4. The van der Waals surface area contributed by atoms with Gasteiger partial charge in [0, 0.05) is 73.1 Å². The number of rotatable bonds is 31. The Bertz CT molecular complexity index is 2060. The van der Waals surface area contributed by atoms with E-state index in [0.29, 0.717) is 13.0 Å². The summed E-state index contributed by atoms with van der Waals surface area (Å²) in [5.41, 5.74) is 6.68. The summed E-state index contributed by atoms with van der Waals surface area (Å²) in [4.78, 5) is 23.9. The van der Waals surface area contributed by atoms with Gasteiger partial charge in [-0.3, -0.25) is 24.4 Å². The monoisotopic (exact) mass is 946 g/mol. The summed E-state index contributed by atoms with van der Waals surface area (Å²) >= 11 is 1.76. The van der Waals surface area contributed by atoms with Crippen molar-refractivity contribution in [1.29, 1.82) is 0 Å². The summed E-state index contributed by atoms with van der Waals surface area (Å²) < 4.78 is 5.92. The highest BCUT2D eigenvalue weighted by Crippen LogP contribution is 2.24. The normalized spacial score (nSPS) is 15.1. The van der Waals surface area contributed by atoms with Crippen LogP contribution in [0, 0.1) is 11.8 Å². The zero-order valence-corrected chi connectivity index (χ0v) is 42.8. The first-order valence-electron chi connectivity index (χ1n) is 24.0. The Labute approximate surface area is 411 Å². The maximum Gasteiger partial charge on any atom is 0.220 e. The van der Waals surface area contributed by atoms with E-state index in [1.807, 2.05) is 36.4 Å². The van der Waals surface area contributed by atoms with Gasteiger partial charge in [0.1, 0.15) is 12.4 Å². The van der Waals surface area contributed by atoms with Crippen LogP contribution in [0.2, 0.25) is 0 Å². The molecule has 1 fully saturated rings. The molecule has 0 spiro atoms. The minimum Gasteiger partial charge on any atom is -0.481 e. The first kappa shape index (κ1) is 55.0. The molecular weight excluding hydrogens is 866 g/mol. The first-order chi connectivity index (χ1) is 32.4. The maximum absolute atomic E-state index is 12.9. The third-order valence-electron chi connectivity index (χ3n) is 11.5. The Morgan fingerprint density at radius 2 is 1.55 bits per heavy atom. The molecule has 2 aromatic carbocycles. The van der Waals surface area contributed by atoms with E-state index < -0.39 is 0 Å². The van der Waals surface area contributed by atoms with Crippen LogP contribution in [-0.2, 0) is 17.8 Å². The fourth-order valence-corrected chi connectivity index (χ4v) is 9.27. The number of amides is 1. The lowest BCUT2D eigenvalue weighted by atomic mass is 10.0. The van der Waals surface area contributed by atoms with Gasteiger partial charge in [0.15, 0.2) is 0 Å². The second-order valence-corrected chi connectivity index (χ2v) is 19.7. The van der Waals surface area contributed by atoms with Gasteiger partial charge in [-0.2, -0.15) is 0 Å². The van der Waals surface area contributed by atoms with E-state index >= 15 is 0 Å². The average molecular weight is 946 g/mol. The number of carbonyl (C=O) groups excluding carboxylic acids is 1. The lowest BCUT2D eigenvalue weighted by Crippen LogP contribution is -2.57. The third-order valence-corrected chi connectivity index (χ3v) is 13.0. The molecule has 1 saturated heterocycles. The van der Waals surface area contributed by atoms with Crippen molar-refractivity contribution >= 4 is 26.5 Å². The van der Waals surface area contributed by atoms with Crippen molar-refractivity contribution in [3.63, 3.8) is 0 Å². The van der Waals surface area contributed by atoms with Gasteiger partial charge in [0.05, 0.1) is 26.7 Å². The van der Waals surface area contributed by atoms with Crippen LogP contribution in [-0.4, -0.2) is 97.1 Å². The van der Waals surface area contributed by atoms with Crippen molar-refractivity contribution in [2.45, 2.75) is 102 Å². The van der Waals surface area contributed by atoms with Crippen LogP contribution in [0.25, 0.3) is 0 Å². The van der Waals surface area contributed by atoms with Crippen LogP contribution in [0.5, 0.6) is 5.75 Å². The lowest BCUT2D eigenvalue weighted by Gasteiger charge is -2.44. The largest absolute Gasteiger partial charge is 0.481 e. The molecule has 4 unspecified atom stereocenters. The van der Waals surface area contributed by atoms with E-state index in [0.717, 1.165) is 139 Å². The number of thiophene rings is 1. The first-order valence-corrected chi connectivity index (χ1v) is 25.6. The molecule has 9 nitrogen and oxygen atoms in total. The Balaban J connectivity index is 1.06. The summed E-state index contributed by atoms with van der Waals surface area (Å²) in [6, 6.07) is 20.9. The smallest absolute Gasteiger partial charge is 0.220 e. The number of unbranched alkanes of at least 4 members (excludes halogenated alkanes) is 5. The highest BCUT2D eigenvalue weighted by molar-refractivity contribution is 7.17. The molecule has 0 saturated carbocycles. The predicted molar refractivity (Wildman–Crippen MR) is 289 cm³/mol. The Morgan fingerprint density at radius 3 is 2.24 bits per heavy atom. The molecule has 4 rings (SSSR count). The van der Waals surface area contributed by atoms with Crippen LogP contribution in [0.4, 0.5) is 0 Å². The van der Waals surface area contributed by atoms with E-state index in [-0.39, 0.29) is 23.8 Å². The van der Waals surface area contributed by atoms with Crippen LogP contribution in [0.15, 0.2) is 141 Å². The van der Waals surface area contributed by atoms with Crippen LogP contribution in [0.3, 0.4) is 0 Å². The molecule has 3 N–H and O–H groups in total. The number of carbonyl (C=O) groups is 1. The molecule has 1 aromatic heterocycles. The quantitative estimate of drug-likeness (QED) is 0.0255. The Morgan fingerprint density at radius 1 is 0.851 bits per heavy atom. The van der Waals surface area contributed by atoms with Gasteiger partial charge in [-0.15, -0.1) is 40.3 Å². The van der Waals surface area contributed by atoms with E-state index in [1.165, 1.54) is 22.4 Å². The highest BCUT2D eigenvalue weighted by Gasteiger charge is 2.27. The second kappa shape index (κ2) is 31.5. The van der Waals surface area contributed by atoms with Gasteiger partial charge in [-0.1, -0.05) is 117 Å². The maximum atomic E-state index is 12.9. The average Bonchev–Trinajstić information content (AvgIpc) is 3.82. The van der Waals surface area contributed by atoms with E-state index in [9.17, 15) is 4.79 Å². The second-order valence-electron chi connectivity index (χ2n) is 18.0. The molecule has 1 amide bonds. The molecule has 0 bridgehead atoms. The summed E-state index contributed by atoms with van der Waals surface area (Å²) in [5.74, 6) is 7.52. The lowest BCUT2D eigenvalue weighted by molar-refractivity contribution is -0.121. The molecule has 0 radical (unpaired) electrons. The predicted octanol–water partition coefficient (Wildman–Crippen LogP) is 10.6. The van der Waals surface area contributed by atoms with Crippen LogP contribution >= 0.6 is 20.6 Å². The van der Waals surface area contributed by atoms with Crippen molar-refractivity contribution in [2.75, 3.05) is 59.5 Å². The van der Waals surface area contributed by atoms with Gasteiger partial charge in [0.25, 0.3) is 0 Å². The molecule has 0 aliphatic carbocycles. The fraction of sp³-hybridized carbons (Fsp3) is 0.446. The molecule has 1 aliphatic heterocycles. The SMILES string of the molecule is C=CCN1CN(CC(=C)C)CN(CC(=C)C)CN(C(C=C)CCC(=O)NCCCCCCCCC(=C)NC(C=C)Cc2cccc(C#CCOc3ccc(C(P)NCc4cccs4)cc3)c2)C1. The molecule has 4 atom stereocenters. The van der Waals surface area contributed by atoms with Crippen LogP contribution in [0.1, 0.15) is 99.0 Å². The zero-order valence-electron chi connectivity index (χ0n) is 40.8. The minimum absolute atomic E-state index is 0.0801. The van der Waals surface area contributed by atoms with Crippen LogP contribution < -0.4 is 20.7 Å². The van der Waals surface area contributed by atoms with Crippen molar-refractivity contribution in [3.05, 3.63) is 162 Å². The summed E-state index contributed by atoms with van der Waals surface area (Å²) in [6.07, 6.45) is 15.6. The number of ether oxygens (including phenoxy) is 1. The number of benzene rings is 2. The topological polar surface area (TPSA) is 75.4 Å². The van der Waals surface area contributed by atoms with E-state index in [1.54, 1.807) is 11.3 Å². The summed E-state index contributed by atoms with van der Waals surface area (Å²) in [6.45, 7) is 36.6. The molecule has 11 heteroatoms. The van der Waals surface area contributed by atoms with E-state index in [2.05, 4.69) is 158 Å². The van der Waals surface area contributed by atoms with E-state index in [4.69, 9.17) is 4.74 Å². The summed E-state index contributed by atoms with van der Waals surface area (Å²) in [7, 11) is 2.87. The van der Waals surface area contributed by atoms with Gasteiger partial charge in [-0.25, -0.2) is 0 Å². The zero-order chi connectivity index (χ0) is 48.2. The number of nitrogens with zero attached hydrogens (tertiary/aromatic N) is 4. The van der Waals surface area contributed by atoms with Crippen molar-refractivity contribution < 1.29 is 9.53 Å². The van der Waals surface area contributed by atoms with Crippen molar-refractivity contribution in [3.8, 4) is 17.6 Å². The number of nitrogens with one attached hydrogen (secondary N) is 3. The highest BCUT2D eigenvalue weighted by atomic mass is 32.1. The van der Waals surface area contributed by atoms with Gasteiger partial charge in [0.2, 0.25) is 5.91 Å². The van der Waals surface area contributed by atoms with Crippen molar-refractivity contribution in [1.82, 2.24) is 35.6 Å². The molecular formula is C56H80N7O2PS. The van der Waals surface area contributed by atoms with Gasteiger partial charge in [-0.05, 0) is 92.8 Å². The molecule has 362 valence electrons. The third kappa shape index (κ3) is 22.4.